The molecule has 2 N–H and O–H groups in total. The van der Waals surface area contributed by atoms with Crippen LogP contribution in [0.25, 0.3) is 10.9 Å². The van der Waals surface area contributed by atoms with Crippen molar-refractivity contribution in [2.45, 2.75) is 12.7 Å². The molecule has 0 radical (unpaired) electrons. The highest BCUT2D eigenvalue weighted by Gasteiger charge is 2.28. The van der Waals surface area contributed by atoms with E-state index in [1.54, 1.807) is 54.7 Å². The first kappa shape index (κ1) is 18.7. The highest BCUT2D eigenvalue weighted by Crippen LogP contribution is 2.28. The average Bonchev–Trinajstić information content (AvgIpc) is 3.22. The second-order valence-electron chi connectivity index (χ2n) is 6.66. The maximum atomic E-state index is 13.4. The average molecular weight is 385 g/mol. The molecule has 0 aliphatic rings. The van der Waals surface area contributed by atoms with Gasteiger partial charge in [0, 0.05) is 28.2 Å². The molecule has 4 aromatic rings. The number of para-hydroxylation sites is 1. The number of hydrogen-bond acceptors (Lipinski definition) is 4. The molecule has 0 aliphatic carbocycles. The largest absolute Gasteiger partial charge is 0.445 e. The number of nitrogens with one attached hydrogen (secondary N) is 1. The lowest BCUT2D eigenvalue weighted by Gasteiger charge is -2.17. The minimum atomic E-state index is -1.07. The molecule has 3 aromatic carbocycles. The van der Waals surface area contributed by atoms with Crippen molar-refractivity contribution >= 4 is 22.7 Å². The van der Waals surface area contributed by atoms with Crippen molar-refractivity contribution in [3.05, 3.63) is 107 Å². The van der Waals surface area contributed by atoms with Gasteiger partial charge in [-0.1, -0.05) is 60.7 Å². The summed E-state index contributed by atoms with van der Waals surface area (Å²) in [6, 6.07) is 22.9. The summed E-state index contributed by atoms with van der Waals surface area (Å²) in [5, 5.41) is 9.94. The first-order chi connectivity index (χ1) is 14.2. The molecule has 1 atom stereocenters. The minimum absolute atomic E-state index is 0.110. The predicted octanol–water partition coefficient (Wildman–Crippen LogP) is 4.44. The van der Waals surface area contributed by atoms with E-state index in [2.05, 4.69) is 4.98 Å². The minimum Gasteiger partial charge on any atom is -0.445 e. The van der Waals surface area contributed by atoms with E-state index in [9.17, 15) is 9.59 Å². The fourth-order valence-corrected chi connectivity index (χ4v) is 3.24. The number of aromatic nitrogens is 1. The van der Waals surface area contributed by atoms with Crippen molar-refractivity contribution in [2.24, 2.45) is 0 Å². The van der Waals surface area contributed by atoms with Gasteiger partial charge in [0.15, 0.2) is 6.10 Å². The normalized spacial score (nSPS) is 11.9. The molecule has 0 bridgehead atoms. The summed E-state index contributed by atoms with van der Waals surface area (Å²) in [6.45, 7) is -0.110. The first-order valence-electron chi connectivity index (χ1n) is 9.23. The number of Topliss-reactive ketones (excluding diaryl/α,β-unsaturated/α-hetero) is 1. The summed E-state index contributed by atoms with van der Waals surface area (Å²) < 4.78 is 5.67. The molecule has 0 spiro atoms. The highest BCUT2D eigenvalue weighted by atomic mass is 16.5. The zero-order chi connectivity index (χ0) is 20.2. The molecule has 29 heavy (non-hydrogen) atoms. The van der Waals surface area contributed by atoms with Gasteiger partial charge in [0.2, 0.25) is 5.78 Å². The third-order valence-electron chi connectivity index (χ3n) is 4.79. The molecule has 144 valence electrons. The molecule has 1 heterocycles. The van der Waals surface area contributed by atoms with Crippen LogP contribution in [0.2, 0.25) is 0 Å². The number of carbonyl (C=O) groups excluding carboxylic acids is 2. The van der Waals surface area contributed by atoms with E-state index in [0.29, 0.717) is 22.3 Å². The summed E-state index contributed by atoms with van der Waals surface area (Å²) >= 11 is 0. The predicted molar refractivity (Wildman–Crippen MR) is 110 cm³/mol. The van der Waals surface area contributed by atoms with Crippen molar-refractivity contribution in [3.8, 4) is 0 Å². The fourth-order valence-electron chi connectivity index (χ4n) is 3.24. The van der Waals surface area contributed by atoms with Gasteiger partial charge in [-0.15, -0.1) is 0 Å². The first-order valence-corrected chi connectivity index (χ1v) is 9.23. The Morgan fingerprint density at radius 1 is 0.897 bits per heavy atom. The third-order valence-corrected chi connectivity index (χ3v) is 4.79. The Morgan fingerprint density at radius 3 is 2.31 bits per heavy atom. The Morgan fingerprint density at radius 2 is 1.59 bits per heavy atom. The molecule has 0 amide bonds. The SMILES string of the molecule is O=C(O[C@@H](C(=O)c1c[nH]c2ccccc12)c1ccccc1)c1ccc(CO)cc1. The number of fused-ring (bicyclic) bond motifs is 1. The van der Waals surface area contributed by atoms with E-state index in [-0.39, 0.29) is 12.4 Å². The van der Waals surface area contributed by atoms with Gasteiger partial charge in [-0.3, -0.25) is 4.79 Å². The Kier molecular flexibility index (Phi) is 5.22. The lowest BCUT2D eigenvalue weighted by atomic mass is 9.99. The van der Waals surface area contributed by atoms with E-state index in [0.717, 1.165) is 10.9 Å². The number of aliphatic hydroxyl groups is 1. The van der Waals surface area contributed by atoms with Crippen LogP contribution in [-0.2, 0) is 11.3 Å². The van der Waals surface area contributed by atoms with E-state index < -0.39 is 12.1 Å². The van der Waals surface area contributed by atoms with Crippen molar-refractivity contribution < 1.29 is 19.4 Å². The molecule has 5 heteroatoms. The van der Waals surface area contributed by atoms with E-state index >= 15 is 0 Å². The molecular formula is C24H19NO4. The number of ether oxygens (including phenoxy) is 1. The van der Waals surface area contributed by atoms with E-state index in [1.165, 1.54) is 0 Å². The van der Waals surface area contributed by atoms with Gasteiger partial charge in [-0.05, 0) is 23.8 Å². The number of hydrogen-bond donors (Lipinski definition) is 2. The number of aliphatic hydroxyl groups excluding tert-OH is 1. The number of rotatable bonds is 6. The van der Waals surface area contributed by atoms with Crippen molar-refractivity contribution in [1.29, 1.82) is 0 Å². The standard InChI is InChI=1S/C24H19NO4/c26-15-16-10-12-18(13-11-16)24(28)29-23(17-6-2-1-3-7-17)22(27)20-14-25-21-9-5-4-8-19(20)21/h1-14,23,25-26H,15H2/t23-/m1/s1. The number of benzene rings is 3. The maximum Gasteiger partial charge on any atom is 0.339 e. The van der Waals surface area contributed by atoms with Crippen molar-refractivity contribution in [2.75, 3.05) is 0 Å². The molecule has 1 aromatic heterocycles. The second-order valence-corrected chi connectivity index (χ2v) is 6.66. The van der Waals surface area contributed by atoms with Gasteiger partial charge >= 0.3 is 5.97 Å². The molecule has 0 saturated heterocycles. The van der Waals surface area contributed by atoms with Crippen LogP contribution >= 0.6 is 0 Å². The van der Waals surface area contributed by atoms with E-state index in [4.69, 9.17) is 9.84 Å². The zero-order valence-corrected chi connectivity index (χ0v) is 15.5. The van der Waals surface area contributed by atoms with Crippen LogP contribution < -0.4 is 0 Å². The lowest BCUT2D eigenvalue weighted by molar-refractivity contribution is 0.0280. The van der Waals surface area contributed by atoms with Crippen LogP contribution in [0.1, 0.15) is 37.9 Å². The molecule has 0 aliphatic heterocycles. The van der Waals surface area contributed by atoms with Gasteiger partial charge < -0.3 is 14.8 Å². The van der Waals surface area contributed by atoms with Gasteiger partial charge in [0.05, 0.1) is 12.2 Å². The fraction of sp³-hybridized carbons (Fsp3) is 0.0833. The van der Waals surface area contributed by atoms with Crippen molar-refractivity contribution in [3.63, 3.8) is 0 Å². The second kappa shape index (κ2) is 8.12. The van der Waals surface area contributed by atoms with Gasteiger partial charge in [0.1, 0.15) is 0 Å². The Hall–Kier alpha value is -3.70. The van der Waals surface area contributed by atoms with Crippen LogP contribution in [0.3, 0.4) is 0 Å². The number of esters is 1. The number of H-pyrrole nitrogens is 1. The third kappa shape index (κ3) is 3.81. The molecule has 4 rings (SSSR count). The number of aromatic amines is 1. The Labute approximate surface area is 167 Å². The highest BCUT2D eigenvalue weighted by molar-refractivity contribution is 6.11. The van der Waals surface area contributed by atoms with Gasteiger partial charge in [0.25, 0.3) is 0 Å². The topological polar surface area (TPSA) is 79.4 Å². The van der Waals surface area contributed by atoms with Crippen LogP contribution in [0.5, 0.6) is 0 Å². The molecule has 5 nitrogen and oxygen atoms in total. The summed E-state index contributed by atoms with van der Waals surface area (Å²) in [5.74, 6) is -0.898. The summed E-state index contributed by atoms with van der Waals surface area (Å²) in [5.41, 5.74) is 2.92. The quantitative estimate of drug-likeness (QED) is 0.380. The van der Waals surface area contributed by atoms with Crippen LogP contribution in [0.4, 0.5) is 0 Å². The van der Waals surface area contributed by atoms with E-state index in [1.807, 2.05) is 30.3 Å². The number of ketones is 1. The molecular weight excluding hydrogens is 366 g/mol. The molecule has 0 saturated carbocycles. The summed E-state index contributed by atoms with van der Waals surface area (Å²) in [7, 11) is 0. The van der Waals surface area contributed by atoms with Gasteiger partial charge in [-0.2, -0.15) is 0 Å². The van der Waals surface area contributed by atoms with Crippen molar-refractivity contribution in [1.82, 2.24) is 4.98 Å². The Bertz CT molecular complexity index is 1150. The summed E-state index contributed by atoms with van der Waals surface area (Å²) in [6.07, 6.45) is 0.577. The molecule has 0 unspecified atom stereocenters. The van der Waals surface area contributed by atoms with Crippen LogP contribution in [0.15, 0.2) is 85.1 Å². The van der Waals surface area contributed by atoms with Gasteiger partial charge in [-0.25, -0.2) is 4.79 Å². The number of carbonyl (C=O) groups is 2. The molecule has 0 fully saturated rings. The lowest BCUT2D eigenvalue weighted by Crippen LogP contribution is -2.20. The smallest absolute Gasteiger partial charge is 0.339 e. The zero-order valence-electron chi connectivity index (χ0n) is 15.5. The van der Waals surface area contributed by atoms with Crippen LogP contribution in [-0.4, -0.2) is 21.8 Å². The summed E-state index contributed by atoms with van der Waals surface area (Å²) in [4.78, 5) is 29.2. The van der Waals surface area contributed by atoms with Crippen LogP contribution in [0, 0.1) is 0 Å². The maximum absolute atomic E-state index is 13.4. The Balaban J connectivity index is 1.68. The monoisotopic (exact) mass is 385 g/mol.